The Bertz CT molecular complexity index is 1340. The summed E-state index contributed by atoms with van der Waals surface area (Å²) in [5, 5.41) is 4.60. The van der Waals surface area contributed by atoms with E-state index in [1.807, 2.05) is 36.4 Å². The standard InChI is InChI=1S/C36H38O5Si2/c1-3-35(37)39-27-17-29-42(31-19-9-5-10-20-31,30-18-28-40-36(38)4-2)41-43(32-21-11-6-12-22-32,33-23-13-7-14-24-33)34-25-15-8-16-26-34/h3-16,19-26H,1-2,17-18,27-30H2. The summed E-state index contributed by atoms with van der Waals surface area (Å²) >= 11 is 0. The van der Waals surface area contributed by atoms with Crippen LogP contribution in [0.5, 0.6) is 0 Å². The number of esters is 2. The van der Waals surface area contributed by atoms with E-state index in [9.17, 15) is 9.59 Å². The van der Waals surface area contributed by atoms with E-state index < -0.39 is 28.6 Å². The number of carbonyl (C=O) groups is 2. The zero-order chi connectivity index (χ0) is 30.4. The molecular formula is C36H38O5Si2. The second kappa shape index (κ2) is 15.8. The molecule has 4 rings (SSSR count). The number of rotatable bonds is 16. The molecule has 0 bridgehead atoms. The third kappa shape index (κ3) is 7.96. The van der Waals surface area contributed by atoms with Gasteiger partial charge in [-0.25, -0.2) is 9.59 Å². The van der Waals surface area contributed by atoms with Crippen LogP contribution in [-0.4, -0.2) is 41.8 Å². The van der Waals surface area contributed by atoms with E-state index >= 15 is 0 Å². The molecular weight excluding hydrogens is 569 g/mol. The van der Waals surface area contributed by atoms with Gasteiger partial charge in [0.05, 0.1) is 13.2 Å². The third-order valence-corrected chi connectivity index (χ3v) is 17.4. The van der Waals surface area contributed by atoms with E-state index in [-0.39, 0.29) is 13.2 Å². The Morgan fingerprint density at radius 3 is 1.19 bits per heavy atom. The number of hydrogen-bond acceptors (Lipinski definition) is 5. The smallest absolute Gasteiger partial charge is 0.330 e. The maximum Gasteiger partial charge on any atom is 0.330 e. The molecule has 4 aromatic carbocycles. The predicted octanol–water partition coefficient (Wildman–Crippen LogP) is 4.76. The summed E-state index contributed by atoms with van der Waals surface area (Å²) in [5.74, 6) is -0.878. The molecule has 0 saturated heterocycles. The van der Waals surface area contributed by atoms with E-state index in [4.69, 9.17) is 13.6 Å². The molecule has 0 atom stereocenters. The first-order valence-electron chi connectivity index (χ1n) is 14.5. The molecule has 43 heavy (non-hydrogen) atoms. The molecule has 0 N–H and O–H groups in total. The lowest BCUT2D eigenvalue weighted by molar-refractivity contribution is -0.138. The van der Waals surface area contributed by atoms with Crippen molar-refractivity contribution in [1.29, 1.82) is 0 Å². The first-order valence-corrected chi connectivity index (χ1v) is 18.8. The molecule has 0 aliphatic carbocycles. The van der Waals surface area contributed by atoms with Crippen molar-refractivity contribution in [3.63, 3.8) is 0 Å². The molecule has 0 spiro atoms. The van der Waals surface area contributed by atoms with Crippen molar-refractivity contribution in [2.24, 2.45) is 0 Å². The highest BCUT2D eigenvalue weighted by atomic mass is 28.4. The normalized spacial score (nSPS) is 11.3. The quantitative estimate of drug-likeness (QED) is 0.0605. The molecule has 0 amide bonds. The highest BCUT2D eigenvalue weighted by Gasteiger charge is 2.50. The van der Waals surface area contributed by atoms with E-state index in [0.29, 0.717) is 24.9 Å². The first-order chi connectivity index (χ1) is 21.0. The predicted molar refractivity (Wildman–Crippen MR) is 178 cm³/mol. The Labute approximate surface area is 256 Å². The molecule has 0 saturated carbocycles. The lowest BCUT2D eigenvalue weighted by atomic mass is 10.3. The van der Waals surface area contributed by atoms with Crippen LogP contribution in [0.3, 0.4) is 0 Å². The summed E-state index contributed by atoms with van der Waals surface area (Å²) in [7, 11) is -6.00. The minimum Gasteiger partial charge on any atom is -0.463 e. The Balaban J connectivity index is 1.90. The minimum absolute atomic E-state index is 0.262. The molecule has 0 unspecified atom stereocenters. The van der Waals surface area contributed by atoms with Gasteiger partial charge in [0.15, 0.2) is 0 Å². The van der Waals surface area contributed by atoms with E-state index in [2.05, 4.69) is 98.1 Å². The maximum atomic E-state index is 11.9. The van der Waals surface area contributed by atoms with Gasteiger partial charge in [-0.2, -0.15) is 0 Å². The molecule has 0 aromatic heterocycles. The van der Waals surface area contributed by atoms with Crippen LogP contribution in [0.2, 0.25) is 12.1 Å². The Kier molecular flexibility index (Phi) is 11.6. The van der Waals surface area contributed by atoms with Crippen LogP contribution in [0.1, 0.15) is 12.8 Å². The van der Waals surface area contributed by atoms with Gasteiger partial charge in [0.25, 0.3) is 8.32 Å². The molecule has 0 aliphatic rings. The SMILES string of the molecule is C=CC(=O)OCCC[Si](CCCOC(=O)C=C)(O[Si](c1ccccc1)(c1ccccc1)c1ccccc1)c1ccccc1. The monoisotopic (exact) mass is 606 g/mol. The summed E-state index contributed by atoms with van der Waals surface area (Å²) in [6.07, 6.45) is 3.61. The Hall–Kier alpha value is -4.31. The molecule has 0 fully saturated rings. The second-order valence-electron chi connectivity index (χ2n) is 10.2. The van der Waals surface area contributed by atoms with Crippen LogP contribution >= 0.6 is 0 Å². The van der Waals surface area contributed by atoms with Crippen molar-refractivity contribution in [2.75, 3.05) is 13.2 Å². The summed E-state index contributed by atoms with van der Waals surface area (Å²) in [5.41, 5.74) is 0. The van der Waals surface area contributed by atoms with Crippen molar-refractivity contribution in [2.45, 2.75) is 24.9 Å². The van der Waals surface area contributed by atoms with Crippen LogP contribution in [0.15, 0.2) is 147 Å². The van der Waals surface area contributed by atoms with Crippen molar-refractivity contribution >= 4 is 49.3 Å². The first kappa shape index (κ1) is 31.6. The fourth-order valence-corrected chi connectivity index (χ4v) is 16.6. The number of hydrogen-bond donors (Lipinski definition) is 0. The van der Waals surface area contributed by atoms with E-state index in [0.717, 1.165) is 20.7 Å². The average Bonchev–Trinajstić information content (AvgIpc) is 3.08. The summed E-state index contributed by atoms with van der Waals surface area (Å²) in [6.45, 7) is 7.57. The molecule has 0 aliphatic heterocycles. The van der Waals surface area contributed by atoms with Gasteiger partial charge in [-0.1, -0.05) is 134 Å². The van der Waals surface area contributed by atoms with Crippen molar-refractivity contribution < 1.29 is 23.2 Å². The number of ether oxygens (including phenoxy) is 2. The number of benzene rings is 4. The molecule has 0 radical (unpaired) electrons. The van der Waals surface area contributed by atoms with Crippen molar-refractivity contribution in [3.8, 4) is 0 Å². The van der Waals surface area contributed by atoms with Gasteiger partial charge >= 0.3 is 11.9 Å². The molecule has 7 heteroatoms. The van der Waals surface area contributed by atoms with Crippen LogP contribution in [0.25, 0.3) is 0 Å². The summed E-state index contributed by atoms with van der Waals surface area (Å²) in [4.78, 5) is 23.8. The lowest BCUT2D eigenvalue weighted by Gasteiger charge is -2.43. The zero-order valence-corrected chi connectivity index (χ0v) is 26.4. The summed E-state index contributed by atoms with van der Waals surface area (Å²) in [6, 6.07) is 43.4. The van der Waals surface area contributed by atoms with Gasteiger partial charge in [0, 0.05) is 12.2 Å². The highest BCUT2D eigenvalue weighted by molar-refractivity contribution is 7.12. The van der Waals surface area contributed by atoms with Crippen LogP contribution in [-0.2, 0) is 23.2 Å². The highest BCUT2D eigenvalue weighted by Crippen LogP contribution is 2.27. The van der Waals surface area contributed by atoms with Gasteiger partial charge < -0.3 is 13.6 Å². The molecule has 5 nitrogen and oxygen atoms in total. The number of carbonyl (C=O) groups excluding carboxylic acids is 2. The van der Waals surface area contributed by atoms with Crippen LogP contribution in [0, 0.1) is 0 Å². The van der Waals surface area contributed by atoms with Gasteiger partial charge in [-0.3, -0.25) is 0 Å². The Morgan fingerprint density at radius 2 is 0.860 bits per heavy atom. The summed E-state index contributed by atoms with van der Waals surface area (Å²) < 4.78 is 18.8. The maximum absolute atomic E-state index is 11.9. The average molecular weight is 607 g/mol. The van der Waals surface area contributed by atoms with Gasteiger partial charge in [0.2, 0.25) is 8.32 Å². The topological polar surface area (TPSA) is 61.8 Å². The largest absolute Gasteiger partial charge is 0.463 e. The second-order valence-corrected chi connectivity index (χ2v) is 17.7. The van der Waals surface area contributed by atoms with E-state index in [1.165, 1.54) is 12.2 Å². The molecule has 4 aromatic rings. The fraction of sp³-hybridized carbons (Fsp3) is 0.167. The molecule has 220 valence electrons. The minimum atomic E-state index is -3.11. The van der Waals surface area contributed by atoms with E-state index in [1.54, 1.807) is 0 Å². The van der Waals surface area contributed by atoms with Gasteiger partial charge in [-0.05, 0) is 45.7 Å². The lowest BCUT2D eigenvalue weighted by Crippen LogP contribution is -2.75. The fourth-order valence-electron chi connectivity index (χ4n) is 5.48. The van der Waals surface area contributed by atoms with Crippen molar-refractivity contribution in [1.82, 2.24) is 0 Å². The Morgan fingerprint density at radius 1 is 0.535 bits per heavy atom. The van der Waals surface area contributed by atoms with Crippen molar-refractivity contribution in [3.05, 3.63) is 147 Å². The zero-order valence-electron chi connectivity index (χ0n) is 24.4. The van der Waals surface area contributed by atoms with Crippen LogP contribution < -0.4 is 20.7 Å². The third-order valence-electron chi connectivity index (χ3n) is 7.46. The van der Waals surface area contributed by atoms with Gasteiger partial charge in [-0.15, -0.1) is 0 Å². The molecule has 0 heterocycles. The van der Waals surface area contributed by atoms with Crippen LogP contribution in [0.4, 0.5) is 0 Å². The van der Waals surface area contributed by atoms with Gasteiger partial charge in [0.1, 0.15) is 0 Å².